The van der Waals surface area contributed by atoms with Crippen molar-refractivity contribution in [3.8, 4) is 5.69 Å². The second-order valence-corrected chi connectivity index (χ2v) is 12.9. The molecule has 5 aliphatic rings. The molecule has 4 bridgehead atoms. The van der Waals surface area contributed by atoms with Gasteiger partial charge in [-0.2, -0.15) is 0 Å². The van der Waals surface area contributed by atoms with E-state index in [1.807, 2.05) is 4.90 Å². The molecule has 3 heterocycles. The van der Waals surface area contributed by atoms with Gasteiger partial charge < -0.3 is 14.7 Å². The Balaban J connectivity index is 1.32. The fourth-order valence-corrected chi connectivity index (χ4v) is 8.43. The highest BCUT2D eigenvalue weighted by Crippen LogP contribution is 2.58. The average Bonchev–Trinajstić information content (AvgIpc) is 3.16. The minimum absolute atomic E-state index is 0.0106. The van der Waals surface area contributed by atoms with Gasteiger partial charge in [0.15, 0.2) is 11.4 Å². The number of carbonyl (C=O) groups is 1. The van der Waals surface area contributed by atoms with Crippen molar-refractivity contribution in [2.45, 2.75) is 57.5 Å². The molecule has 0 radical (unpaired) electrons. The summed E-state index contributed by atoms with van der Waals surface area (Å²) in [5, 5.41) is 9.78. The lowest BCUT2D eigenvalue weighted by atomic mass is 9.60. The van der Waals surface area contributed by atoms with Crippen LogP contribution in [0.4, 0.5) is 14.6 Å². The molecule has 3 aromatic rings. The minimum Gasteiger partial charge on any atom is -0.394 e. The highest BCUT2D eigenvalue weighted by molar-refractivity contribution is 5.99. The monoisotopic (exact) mass is 563 g/mol. The van der Waals surface area contributed by atoms with Crippen molar-refractivity contribution in [2.75, 3.05) is 31.2 Å². The summed E-state index contributed by atoms with van der Waals surface area (Å²) in [6.45, 7) is 1.21. The van der Waals surface area contributed by atoms with E-state index in [-0.39, 0.29) is 46.2 Å². The zero-order valence-corrected chi connectivity index (χ0v) is 23.0. The van der Waals surface area contributed by atoms with Gasteiger partial charge in [0.05, 0.1) is 36.0 Å². The largest absolute Gasteiger partial charge is 0.394 e. The predicted molar refractivity (Wildman–Crippen MR) is 150 cm³/mol. The summed E-state index contributed by atoms with van der Waals surface area (Å²) >= 11 is 0. The van der Waals surface area contributed by atoms with Crippen molar-refractivity contribution in [1.29, 1.82) is 0 Å². The van der Waals surface area contributed by atoms with E-state index < -0.39 is 17.1 Å². The predicted octanol–water partition coefficient (Wildman–Crippen LogP) is 5.04. The standard InChI is InChI=1S/C32H35F2N3O4/c33-22-1-3-27(26(34)12-22)37-17-25(28(39)15-32-6-5-19-9-20(13-32)11-21(10-19)14-32)30(40)24-2-4-29(35-31(24)37)36-7-8-41-23(16-36)18-38/h1-4,12,17,19-21,23,38H,5-11,13-16,18H2. The molecule has 9 heteroatoms. The van der Waals surface area contributed by atoms with E-state index in [0.29, 0.717) is 43.8 Å². The molecule has 4 aliphatic carbocycles. The first-order chi connectivity index (χ1) is 19.8. The fourth-order valence-electron chi connectivity index (χ4n) is 8.43. The summed E-state index contributed by atoms with van der Waals surface area (Å²) in [5.74, 6) is 0.883. The van der Waals surface area contributed by atoms with Crippen LogP contribution in [-0.4, -0.2) is 52.8 Å². The zero-order valence-electron chi connectivity index (χ0n) is 23.0. The molecule has 7 nitrogen and oxygen atoms in total. The Morgan fingerprint density at radius 3 is 2.63 bits per heavy atom. The first kappa shape index (κ1) is 26.7. The van der Waals surface area contributed by atoms with Crippen LogP contribution in [0.25, 0.3) is 16.7 Å². The number of hydrogen-bond donors (Lipinski definition) is 1. The van der Waals surface area contributed by atoms with Crippen LogP contribution in [0.2, 0.25) is 0 Å². The molecule has 3 atom stereocenters. The van der Waals surface area contributed by atoms with Crippen LogP contribution in [0, 0.1) is 34.8 Å². The molecule has 5 fully saturated rings. The van der Waals surface area contributed by atoms with E-state index in [0.717, 1.165) is 43.7 Å². The number of fused-ring (bicyclic) bond motifs is 2. The van der Waals surface area contributed by atoms with Gasteiger partial charge in [-0.3, -0.25) is 14.2 Å². The Labute approximate surface area is 237 Å². The maximum atomic E-state index is 15.2. The van der Waals surface area contributed by atoms with Crippen molar-refractivity contribution in [1.82, 2.24) is 9.55 Å². The van der Waals surface area contributed by atoms with E-state index in [1.165, 1.54) is 36.1 Å². The summed E-state index contributed by atoms with van der Waals surface area (Å²) in [6, 6.07) is 6.59. The van der Waals surface area contributed by atoms with E-state index in [2.05, 4.69) is 0 Å². The Bertz CT molecular complexity index is 1560. The van der Waals surface area contributed by atoms with Gasteiger partial charge >= 0.3 is 0 Å². The van der Waals surface area contributed by atoms with Gasteiger partial charge in [-0.15, -0.1) is 0 Å². The molecule has 1 aromatic carbocycles. The number of carbonyl (C=O) groups excluding carboxylic acids is 1. The third-order valence-corrected chi connectivity index (χ3v) is 10.0. The van der Waals surface area contributed by atoms with E-state index in [9.17, 15) is 19.1 Å². The number of nitrogens with zero attached hydrogens (tertiary/aromatic N) is 3. The average molecular weight is 564 g/mol. The van der Waals surface area contributed by atoms with Gasteiger partial charge in [0.2, 0.25) is 5.43 Å². The molecule has 1 aliphatic heterocycles. The van der Waals surface area contributed by atoms with Gasteiger partial charge in [0, 0.05) is 31.8 Å². The number of aromatic nitrogens is 2. The van der Waals surface area contributed by atoms with Gasteiger partial charge in [-0.1, -0.05) is 0 Å². The Morgan fingerprint density at radius 1 is 1.10 bits per heavy atom. The maximum absolute atomic E-state index is 15.2. The van der Waals surface area contributed by atoms with Crippen molar-refractivity contribution < 1.29 is 23.4 Å². The molecule has 3 unspecified atom stereocenters. The number of ketones is 1. The van der Waals surface area contributed by atoms with Crippen LogP contribution in [0.15, 0.2) is 41.3 Å². The molecule has 2 aromatic heterocycles. The van der Waals surface area contributed by atoms with Gasteiger partial charge in [0.25, 0.3) is 0 Å². The minimum atomic E-state index is -0.815. The summed E-state index contributed by atoms with van der Waals surface area (Å²) in [6.07, 6.45) is 9.38. The van der Waals surface area contributed by atoms with E-state index in [4.69, 9.17) is 9.72 Å². The number of Topliss-reactive ketones (excluding diaryl/α,β-unsaturated/α-hetero) is 1. The second kappa shape index (κ2) is 10.3. The Hall–Kier alpha value is -3.17. The number of morpholine rings is 1. The van der Waals surface area contributed by atoms with Crippen LogP contribution in [0.5, 0.6) is 0 Å². The van der Waals surface area contributed by atoms with Crippen LogP contribution < -0.4 is 10.3 Å². The molecule has 0 amide bonds. The van der Waals surface area contributed by atoms with Crippen LogP contribution in [0.3, 0.4) is 0 Å². The lowest BCUT2D eigenvalue weighted by Crippen LogP contribution is -2.44. The second-order valence-electron chi connectivity index (χ2n) is 12.9. The molecule has 1 saturated heterocycles. The first-order valence-electron chi connectivity index (χ1n) is 14.8. The first-order valence-corrected chi connectivity index (χ1v) is 14.8. The van der Waals surface area contributed by atoms with Gasteiger partial charge in [-0.05, 0) is 92.4 Å². The highest BCUT2D eigenvalue weighted by atomic mass is 19.1. The summed E-state index contributed by atoms with van der Waals surface area (Å²) in [5.41, 5.74) is -0.273. The quantitative estimate of drug-likeness (QED) is 0.423. The number of anilines is 1. The summed E-state index contributed by atoms with van der Waals surface area (Å²) in [4.78, 5) is 34.5. The molecular formula is C32H35F2N3O4. The number of benzene rings is 1. The normalized spacial score (nSPS) is 29.2. The van der Waals surface area contributed by atoms with Crippen molar-refractivity contribution >= 4 is 22.6 Å². The molecule has 8 rings (SSSR count). The number of halogens is 2. The SMILES string of the molecule is O=C(CC12CCC3CC(CC(C3)C1)C2)c1cn(-c2ccc(F)cc2F)c2nc(N3CCOC(CO)C3)ccc2c1=O. The molecular weight excluding hydrogens is 528 g/mol. The Kier molecular flexibility index (Phi) is 6.70. The molecule has 216 valence electrons. The zero-order chi connectivity index (χ0) is 28.3. The number of rotatable bonds is 6. The number of aliphatic hydroxyl groups excluding tert-OH is 1. The summed E-state index contributed by atoms with van der Waals surface area (Å²) < 4.78 is 36.0. The van der Waals surface area contributed by atoms with Crippen molar-refractivity contribution in [3.05, 3.63) is 63.9 Å². The third-order valence-electron chi connectivity index (χ3n) is 10.0. The fraction of sp³-hybridized carbons (Fsp3) is 0.531. The number of ether oxygens (including phenoxy) is 1. The molecule has 1 N–H and O–H groups in total. The number of hydrogen-bond acceptors (Lipinski definition) is 6. The smallest absolute Gasteiger partial charge is 0.201 e. The van der Waals surface area contributed by atoms with E-state index in [1.54, 1.807) is 12.1 Å². The van der Waals surface area contributed by atoms with Crippen LogP contribution in [0.1, 0.15) is 61.7 Å². The van der Waals surface area contributed by atoms with E-state index >= 15 is 4.39 Å². The molecule has 0 spiro atoms. The third kappa shape index (κ3) is 4.87. The summed E-state index contributed by atoms with van der Waals surface area (Å²) in [7, 11) is 0. The number of aliphatic hydroxyl groups is 1. The van der Waals surface area contributed by atoms with Gasteiger partial charge in [-0.25, -0.2) is 13.8 Å². The van der Waals surface area contributed by atoms with Crippen molar-refractivity contribution in [3.63, 3.8) is 0 Å². The lowest BCUT2D eigenvalue weighted by molar-refractivity contribution is 0.00337. The Morgan fingerprint density at radius 2 is 1.88 bits per heavy atom. The highest BCUT2D eigenvalue weighted by Gasteiger charge is 2.48. The number of pyridine rings is 2. The molecule has 4 saturated carbocycles. The van der Waals surface area contributed by atoms with Crippen molar-refractivity contribution in [2.24, 2.45) is 23.2 Å². The molecule has 41 heavy (non-hydrogen) atoms. The lowest BCUT2D eigenvalue weighted by Gasteiger charge is -2.45. The van der Waals surface area contributed by atoms with Gasteiger partial charge in [0.1, 0.15) is 17.5 Å². The van der Waals surface area contributed by atoms with Crippen LogP contribution >= 0.6 is 0 Å². The van der Waals surface area contributed by atoms with Crippen LogP contribution in [-0.2, 0) is 4.74 Å². The topological polar surface area (TPSA) is 84.7 Å². The maximum Gasteiger partial charge on any atom is 0.201 e.